The Morgan fingerprint density at radius 3 is 2.65 bits per heavy atom. The van der Waals surface area contributed by atoms with Gasteiger partial charge in [0.15, 0.2) is 0 Å². The van der Waals surface area contributed by atoms with Crippen LogP contribution in [-0.4, -0.2) is 82.2 Å². The van der Waals surface area contributed by atoms with Gasteiger partial charge in [0.2, 0.25) is 0 Å². The topological polar surface area (TPSA) is 109 Å². The van der Waals surface area contributed by atoms with Gasteiger partial charge in [0.1, 0.15) is 18.0 Å². The first-order chi connectivity index (χ1) is 16.1. The van der Waals surface area contributed by atoms with Gasteiger partial charge in [0, 0.05) is 35.5 Å². The third-order valence-corrected chi connectivity index (χ3v) is 8.08. The number of likely N-dealkylation sites (N-methyl/N-ethyl adjacent to an activating group) is 1. The van der Waals surface area contributed by atoms with Crippen molar-refractivity contribution < 1.29 is 14.7 Å². The molecule has 0 saturated heterocycles. The number of benzene rings is 1. The Morgan fingerprint density at radius 1 is 1.41 bits per heavy atom. The fourth-order valence-corrected chi connectivity index (χ4v) is 6.22. The summed E-state index contributed by atoms with van der Waals surface area (Å²) in [7, 11) is 3.80. The highest BCUT2D eigenvalue weighted by Crippen LogP contribution is 2.53. The number of carbonyl (C=O) groups excluding carboxylic acids is 2. The zero-order valence-corrected chi connectivity index (χ0v) is 21.3. The second-order valence-electron chi connectivity index (χ2n) is 10.0. The van der Waals surface area contributed by atoms with Gasteiger partial charge in [-0.2, -0.15) is 10.4 Å². The lowest BCUT2D eigenvalue weighted by atomic mass is 9.92. The molecular formula is C25H35N5O3S. The molecule has 184 valence electrons. The number of aliphatic hydroxyl groups is 1. The molecule has 1 amide bonds. The summed E-state index contributed by atoms with van der Waals surface area (Å²) >= 11 is 1.86. The Hall–Kier alpha value is -2.41. The van der Waals surface area contributed by atoms with E-state index in [0.29, 0.717) is 24.2 Å². The predicted molar refractivity (Wildman–Crippen MR) is 134 cm³/mol. The van der Waals surface area contributed by atoms with Crippen LogP contribution < -0.4 is 5.32 Å². The van der Waals surface area contributed by atoms with Gasteiger partial charge in [-0.3, -0.25) is 9.80 Å². The van der Waals surface area contributed by atoms with Crippen molar-refractivity contribution in [1.29, 1.82) is 5.26 Å². The molecule has 1 aliphatic carbocycles. The van der Waals surface area contributed by atoms with Crippen molar-refractivity contribution >= 4 is 29.7 Å². The molecule has 8 nitrogen and oxygen atoms in total. The molecule has 34 heavy (non-hydrogen) atoms. The molecule has 0 radical (unpaired) electrons. The first-order valence-corrected chi connectivity index (χ1v) is 12.5. The van der Waals surface area contributed by atoms with E-state index in [1.807, 2.05) is 23.9 Å². The molecule has 1 aliphatic heterocycles. The van der Waals surface area contributed by atoms with Gasteiger partial charge in [-0.1, -0.05) is 12.1 Å². The number of nitrogens with zero attached hydrogens (tertiary/aromatic N) is 4. The van der Waals surface area contributed by atoms with Gasteiger partial charge in [0.25, 0.3) is 5.91 Å². The maximum atomic E-state index is 13.0. The number of aldehydes is 1. The molecule has 0 bridgehead atoms. The van der Waals surface area contributed by atoms with Crippen LogP contribution in [0.15, 0.2) is 29.4 Å². The lowest BCUT2D eigenvalue weighted by Crippen LogP contribution is -2.41. The standard InChI is InChI=1S/C25H35N5O3S/c1-24(2,17-32)34-25(10-11-25)16-29(3)12-9-20-21(15-31)30(4)28-22(20)23(33)27-14-19-7-5-18(13-26)6-8-19/h5-8,15,20-21,32H,9-12,14,16-17H2,1-4H3,(H,27,33). The Kier molecular flexibility index (Phi) is 8.39. The highest BCUT2D eigenvalue weighted by molar-refractivity contribution is 8.02. The van der Waals surface area contributed by atoms with Crippen molar-refractivity contribution in [1.82, 2.24) is 15.2 Å². The summed E-state index contributed by atoms with van der Waals surface area (Å²) in [6.07, 6.45) is 3.80. The van der Waals surface area contributed by atoms with Crippen LogP contribution in [0.1, 0.15) is 44.2 Å². The molecule has 9 heteroatoms. The largest absolute Gasteiger partial charge is 0.395 e. The van der Waals surface area contributed by atoms with Crippen molar-refractivity contribution in [2.75, 3.05) is 33.8 Å². The van der Waals surface area contributed by atoms with Gasteiger partial charge >= 0.3 is 0 Å². The van der Waals surface area contributed by atoms with Crippen LogP contribution in [0, 0.1) is 17.2 Å². The number of thioether (sulfide) groups is 1. The number of hydrogen-bond acceptors (Lipinski definition) is 8. The molecule has 1 saturated carbocycles. The molecule has 0 aromatic heterocycles. The second-order valence-corrected chi connectivity index (χ2v) is 12.2. The second kappa shape index (κ2) is 10.9. The van der Waals surface area contributed by atoms with Crippen molar-refractivity contribution in [2.24, 2.45) is 11.0 Å². The summed E-state index contributed by atoms with van der Waals surface area (Å²) in [5.41, 5.74) is 1.85. The van der Waals surface area contributed by atoms with Crippen LogP contribution in [0.2, 0.25) is 0 Å². The van der Waals surface area contributed by atoms with Gasteiger partial charge in [0.05, 0.1) is 18.2 Å². The number of hydrogen-bond donors (Lipinski definition) is 2. The molecule has 3 rings (SSSR count). The summed E-state index contributed by atoms with van der Waals surface area (Å²) < 4.78 is 0.00780. The van der Waals surface area contributed by atoms with E-state index < -0.39 is 6.04 Å². The smallest absolute Gasteiger partial charge is 0.268 e. The Morgan fingerprint density at radius 2 is 2.09 bits per heavy atom. The molecular weight excluding hydrogens is 450 g/mol. The van der Waals surface area contributed by atoms with Crippen LogP contribution in [0.4, 0.5) is 0 Å². The summed E-state index contributed by atoms with van der Waals surface area (Å²) in [4.78, 5) is 27.0. The maximum Gasteiger partial charge on any atom is 0.268 e. The van der Waals surface area contributed by atoms with E-state index in [4.69, 9.17) is 5.26 Å². The first kappa shape index (κ1) is 26.2. The van der Waals surface area contributed by atoms with Gasteiger partial charge < -0.3 is 20.1 Å². The number of amides is 1. The number of aliphatic hydroxyl groups excluding tert-OH is 1. The van der Waals surface area contributed by atoms with E-state index in [2.05, 4.69) is 42.3 Å². The summed E-state index contributed by atoms with van der Waals surface area (Å²) in [5, 5.41) is 27.4. The van der Waals surface area contributed by atoms with Crippen LogP contribution in [0.5, 0.6) is 0 Å². The highest BCUT2D eigenvalue weighted by atomic mass is 32.2. The molecule has 1 fully saturated rings. The molecule has 2 N–H and O–H groups in total. The van der Waals surface area contributed by atoms with Crippen molar-refractivity contribution in [3.8, 4) is 6.07 Å². The fraction of sp³-hybridized carbons (Fsp3) is 0.600. The zero-order valence-electron chi connectivity index (χ0n) is 20.5. The van der Waals surface area contributed by atoms with E-state index in [0.717, 1.165) is 37.8 Å². The Bertz CT molecular complexity index is 952. The average Bonchev–Trinajstić information content (AvgIpc) is 3.47. The maximum absolute atomic E-state index is 13.0. The van der Waals surface area contributed by atoms with E-state index >= 15 is 0 Å². The molecule has 2 unspecified atom stereocenters. The number of nitrogens with one attached hydrogen (secondary N) is 1. The van der Waals surface area contributed by atoms with Crippen LogP contribution in [-0.2, 0) is 16.1 Å². The summed E-state index contributed by atoms with van der Waals surface area (Å²) in [6, 6.07) is 8.68. The average molecular weight is 486 g/mol. The van der Waals surface area contributed by atoms with Crippen molar-refractivity contribution in [3.05, 3.63) is 35.4 Å². The lowest BCUT2D eigenvalue weighted by Gasteiger charge is -2.31. The fourth-order valence-electron chi connectivity index (χ4n) is 4.39. The number of hydrazone groups is 1. The molecule has 0 spiro atoms. The lowest BCUT2D eigenvalue weighted by molar-refractivity contribution is -0.115. The third kappa shape index (κ3) is 6.59. The van der Waals surface area contributed by atoms with E-state index in [-0.39, 0.29) is 27.9 Å². The Balaban J connectivity index is 1.57. The predicted octanol–water partition coefficient (Wildman–Crippen LogP) is 2.02. The highest BCUT2D eigenvalue weighted by Gasteiger charge is 2.47. The molecule has 2 aliphatic rings. The minimum Gasteiger partial charge on any atom is -0.395 e. The quantitative estimate of drug-likeness (QED) is 0.436. The first-order valence-electron chi connectivity index (χ1n) is 11.7. The monoisotopic (exact) mass is 485 g/mol. The van der Waals surface area contributed by atoms with Crippen molar-refractivity contribution in [3.63, 3.8) is 0 Å². The number of nitriles is 1. The SMILES string of the molecule is CN(CCC1C(C(=O)NCc2ccc(C#N)cc2)=NN(C)C1C=O)CC1(SC(C)(C)CO)CC1. The molecule has 2 atom stereocenters. The van der Waals surface area contributed by atoms with E-state index in [1.165, 1.54) is 0 Å². The minimum atomic E-state index is -0.457. The zero-order chi connectivity index (χ0) is 24.9. The van der Waals surface area contributed by atoms with Crippen molar-refractivity contribution in [2.45, 2.75) is 55.2 Å². The Labute approximate surface area is 206 Å². The van der Waals surface area contributed by atoms with Gasteiger partial charge in [-0.25, -0.2) is 0 Å². The minimum absolute atomic E-state index is 0.149. The molecule has 1 aromatic carbocycles. The number of rotatable bonds is 12. The van der Waals surface area contributed by atoms with Gasteiger partial charge in [-0.05, 0) is 64.4 Å². The normalized spacial score (nSPS) is 21.2. The number of carbonyl (C=O) groups is 2. The van der Waals surface area contributed by atoms with Gasteiger partial charge in [-0.15, -0.1) is 11.8 Å². The van der Waals surface area contributed by atoms with Crippen LogP contribution in [0.25, 0.3) is 0 Å². The van der Waals surface area contributed by atoms with E-state index in [1.54, 1.807) is 24.2 Å². The van der Waals surface area contributed by atoms with Crippen LogP contribution in [0.3, 0.4) is 0 Å². The summed E-state index contributed by atoms with van der Waals surface area (Å²) in [6.45, 7) is 6.27. The van der Waals surface area contributed by atoms with E-state index in [9.17, 15) is 14.7 Å². The molecule has 1 aromatic rings. The van der Waals surface area contributed by atoms with Crippen LogP contribution >= 0.6 is 11.8 Å². The molecule has 1 heterocycles. The third-order valence-electron chi connectivity index (χ3n) is 6.43. The summed E-state index contributed by atoms with van der Waals surface area (Å²) in [5.74, 6) is -0.547.